The Hall–Kier alpha value is -7.45. The van der Waals surface area contributed by atoms with Gasteiger partial charge in [0.25, 0.3) is 0 Å². The van der Waals surface area contributed by atoms with Crippen LogP contribution in [0.4, 0.5) is 4.79 Å². The highest BCUT2D eigenvalue weighted by atomic mass is 35.5. The molecule has 21 heteroatoms. The van der Waals surface area contributed by atoms with Gasteiger partial charge in [0, 0.05) is 121 Å². The molecule has 0 spiro atoms. The van der Waals surface area contributed by atoms with Gasteiger partial charge < -0.3 is 39.5 Å². The molecule has 5 N–H and O–H groups in total. The molecule has 18 nitrogen and oxygen atoms in total. The number of pyridine rings is 3. The number of ether oxygens (including phenoxy) is 2. The SMILES string of the molecule is CC(C)(C)OC(=O)NCc1ccc(-c2cnccc2-c2cncnc2)o1.CCOCC.Cl.ClCCl.NCc1ccc(-c2cnccc2-c2cncnc2)o1.NCc1ccc(-c2cnccc2-c2cncnc2)o1. The van der Waals surface area contributed by atoms with E-state index in [9.17, 15) is 4.79 Å². The molecule has 0 aromatic carbocycles. The number of alkyl halides is 2. The van der Waals surface area contributed by atoms with Gasteiger partial charge in [-0.3, -0.25) is 15.0 Å². The topological polar surface area (TPSA) is 255 Å². The summed E-state index contributed by atoms with van der Waals surface area (Å²) in [6.07, 6.45) is 25.0. The van der Waals surface area contributed by atoms with Gasteiger partial charge in [0.05, 0.1) is 25.0 Å². The van der Waals surface area contributed by atoms with Crippen LogP contribution in [0.2, 0.25) is 0 Å². The number of nitrogens with zero attached hydrogens (tertiary/aromatic N) is 9. The Kier molecular flexibility index (Phi) is 24.8. The molecular weight excluding hydrogens is 995 g/mol. The Bertz CT molecular complexity index is 2830. The van der Waals surface area contributed by atoms with Crippen LogP contribution < -0.4 is 16.8 Å². The molecule has 0 atom stereocenters. The summed E-state index contributed by atoms with van der Waals surface area (Å²) in [6.45, 7) is 12.1. The Morgan fingerprint density at radius 2 is 0.849 bits per heavy atom. The number of nitrogens with one attached hydrogen (secondary N) is 1. The summed E-state index contributed by atoms with van der Waals surface area (Å²) in [5.74, 6) is 4.24. The van der Waals surface area contributed by atoms with Crippen molar-refractivity contribution in [3.05, 3.63) is 165 Å². The quantitative estimate of drug-likeness (QED) is 0.0961. The number of furan rings is 3. The molecule has 0 bridgehead atoms. The Morgan fingerprint density at radius 1 is 0.521 bits per heavy atom. The maximum absolute atomic E-state index is 11.7. The third kappa shape index (κ3) is 18.6. The maximum atomic E-state index is 11.7. The number of amides is 1. The van der Waals surface area contributed by atoms with Crippen molar-refractivity contribution in [3.8, 4) is 67.4 Å². The molecule has 0 aliphatic heterocycles. The average Bonchev–Trinajstić information content (AvgIpc) is 4.22. The number of carbonyl (C=O) groups excluding carboxylic acids is 1. The van der Waals surface area contributed by atoms with Crippen molar-refractivity contribution in [2.24, 2.45) is 11.5 Å². The minimum Gasteiger partial charge on any atom is -0.460 e. The second kappa shape index (κ2) is 31.1. The second-order valence-electron chi connectivity index (χ2n) is 15.6. The van der Waals surface area contributed by atoms with Crippen LogP contribution in [0, 0.1) is 0 Å². The fourth-order valence-electron chi connectivity index (χ4n) is 6.40. The zero-order chi connectivity index (χ0) is 51.6. The van der Waals surface area contributed by atoms with Crippen LogP contribution in [0.5, 0.6) is 0 Å². The van der Waals surface area contributed by atoms with E-state index in [1.54, 1.807) is 74.4 Å². The van der Waals surface area contributed by atoms with E-state index in [-0.39, 0.29) is 24.3 Å². The molecule has 0 radical (unpaired) electrons. The van der Waals surface area contributed by atoms with Crippen LogP contribution in [-0.4, -0.2) is 75.1 Å². The van der Waals surface area contributed by atoms with Crippen LogP contribution in [0.25, 0.3) is 67.4 Å². The van der Waals surface area contributed by atoms with E-state index in [2.05, 4.69) is 50.2 Å². The third-order valence-electron chi connectivity index (χ3n) is 9.48. The summed E-state index contributed by atoms with van der Waals surface area (Å²) >= 11 is 9.53. The van der Waals surface area contributed by atoms with E-state index in [4.69, 9.17) is 57.4 Å². The van der Waals surface area contributed by atoms with Crippen LogP contribution in [0.15, 0.2) is 161 Å². The number of carbonyl (C=O) groups is 1. The Balaban J connectivity index is 0.000000222. The summed E-state index contributed by atoms with van der Waals surface area (Å²) in [4.78, 5) is 48.5. The first-order valence-corrected chi connectivity index (χ1v) is 23.5. The monoisotopic (exact) mass is 1050 g/mol. The van der Waals surface area contributed by atoms with Crippen molar-refractivity contribution in [1.29, 1.82) is 0 Å². The molecular formula is C52H57Cl3N12O6. The molecule has 9 aromatic rings. The molecule has 9 aromatic heterocycles. The summed E-state index contributed by atoms with van der Waals surface area (Å²) in [5, 5.41) is 2.87. The van der Waals surface area contributed by atoms with E-state index < -0.39 is 11.7 Å². The summed E-state index contributed by atoms with van der Waals surface area (Å²) in [5.41, 5.74) is 18.8. The Morgan fingerprint density at radius 3 is 1.14 bits per heavy atom. The molecule has 0 aliphatic carbocycles. The highest BCUT2D eigenvalue weighted by Crippen LogP contribution is 2.34. The number of hydrogen-bond acceptors (Lipinski definition) is 17. The van der Waals surface area contributed by atoms with E-state index in [1.807, 2.05) is 89.2 Å². The molecule has 382 valence electrons. The van der Waals surface area contributed by atoms with E-state index in [0.717, 1.165) is 86.3 Å². The van der Waals surface area contributed by atoms with E-state index in [0.29, 0.717) is 24.6 Å². The van der Waals surface area contributed by atoms with Gasteiger partial charge in [-0.15, -0.1) is 35.6 Å². The van der Waals surface area contributed by atoms with Gasteiger partial charge in [-0.1, -0.05) is 0 Å². The molecule has 9 heterocycles. The van der Waals surface area contributed by atoms with Crippen LogP contribution >= 0.6 is 35.6 Å². The minimum atomic E-state index is -0.541. The van der Waals surface area contributed by atoms with Crippen molar-refractivity contribution in [2.75, 3.05) is 18.6 Å². The smallest absolute Gasteiger partial charge is 0.408 e. The largest absolute Gasteiger partial charge is 0.460 e. The highest BCUT2D eigenvalue weighted by Gasteiger charge is 2.18. The van der Waals surface area contributed by atoms with Gasteiger partial charge in [0.15, 0.2) is 0 Å². The lowest BCUT2D eigenvalue weighted by atomic mass is 10.0. The number of halogens is 3. The lowest BCUT2D eigenvalue weighted by Gasteiger charge is -2.19. The first-order chi connectivity index (χ1) is 35.0. The predicted molar refractivity (Wildman–Crippen MR) is 284 cm³/mol. The Labute approximate surface area is 439 Å². The molecule has 0 unspecified atom stereocenters. The standard InChI is InChI=1S/C19H20N4O3.2C14H12N4O.C4H10O.CH2Cl2.ClH/c1-19(2,3)26-18(24)23-10-14-4-5-17(25-14)16-11-20-7-6-15(16)13-8-21-12-22-9-13;2*15-5-11-1-2-14(19-11)13-8-16-4-3-12(13)10-6-17-9-18-7-10;1-3-5-4-2;2-1-3;/h4-9,11-12H,10H2,1-3H3,(H,23,24);2*1-4,6-9H,5,15H2;3-4H2,1-2H3;1H2;1H. The van der Waals surface area contributed by atoms with Crippen molar-refractivity contribution < 1.29 is 27.5 Å². The van der Waals surface area contributed by atoms with E-state index >= 15 is 0 Å². The van der Waals surface area contributed by atoms with Crippen LogP contribution in [0.1, 0.15) is 51.9 Å². The predicted octanol–water partition coefficient (Wildman–Crippen LogP) is 11.2. The number of alkyl carbamates (subject to hydrolysis) is 1. The van der Waals surface area contributed by atoms with Gasteiger partial charge >= 0.3 is 6.09 Å². The normalized spacial score (nSPS) is 10.3. The zero-order valence-corrected chi connectivity index (χ0v) is 43.2. The molecule has 1 amide bonds. The molecule has 9 rings (SSSR count). The van der Waals surface area contributed by atoms with Crippen molar-refractivity contribution >= 4 is 41.7 Å². The molecule has 0 aliphatic rings. The lowest BCUT2D eigenvalue weighted by Crippen LogP contribution is -2.32. The summed E-state index contributed by atoms with van der Waals surface area (Å²) in [7, 11) is 0. The van der Waals surface area contributed by atoms with Gasteiger partial charge in [-0.2, -0.15) is 0 Å². The van der Waals surface area contributed by atoms with Crippen LogP contribution in [-0.2, 0) is 29.1 Å². The van der Waals surface area contributed by atoms with Crippen LogP contribution in [0.3, 0.4) is 0 Å². The fraction of sp³-hybridized carbons (Fsp3) is 0.231. The first-order valence-electron chi connectivity index (χ1n) is 22.4. The van der Waals surface area contributed by atoms with Crippen molar-refractivity contribution in [2.45, 2.75) is 59.9 Å². The summed E-state index contributed by atoms with van der Waals surface area (Å²) in [6, 6.07) is 16.9. The minimum absolute atomic E-state index is 0. The number of aromatic nitrogens is 9. The molecule has 0 saturated heterocycles. The summed E-state index contributed by atoms with van der Waals surface area (Å²) < 4.78 is 27.3. The van der Waals surface area contributed by atoms with Gasteiger partial charge in [0.2, 0.25) is 0 Å². The average molecular weight is 1050 g/mol. The number of hydrogen-bond donors (Lipinski definition) is 3. The number of nitrogens with two attached hydrogens (primary N) is 2. The molecule has 0 saturated carbocycles. The molecule has 0 fully saturated rings. The van der Waals surface area contributed by atoms with Crippen molar-refractivity contribution in [3.63, 3.8) is 0 Å². The van der Waals surface area contributed by atoms with Gasteiger partial charge in [-0.25, -0.2) is 34.7 Å². The van der Waals surface area contributed by atoms with Crippen molar-refractivity contribution in [1.82, 2.24) is 50.2 Å². The van der Waals surface area contributed by atoms with Gasteiger partial charge in [0.1, 0.15) is 59.1 Å². The fourth-order valence-corrected chi connectivity index (χ4v) is 6.40. The van der Waals surface area contributed by atoms with Gasteiger partial charge in [-0.05, 0) is 106 Å². The first kappa shape index (κ1) is 58.1. The zero-order valence-electron chi connectivity index (χ0n) is 40.9. The molecule has 73 heavy (non-hydrogen) atoms. The second-order valence-corrected chi connectivity index (χ2v) is 16.4. The third-order valence-corrected chi connectivity index (χ3v) is 9.48. The highest BCUT2D eigenvalue weighted by molar-refractivity contribution is 6.40. The maximum Gasteiger partial charge on any atom is 0.408 e. The lowest BCUT2D eigenvalue weighted by molar-refractivity contribution is 0.0520. The van der Waals surface area contributed by atoms with E-state index in [1.165, 1.54) is 19.0 Å². The number of rotatable bonds is 12.